The number of Topliss-reactive ketones (excluding diaryl/α,β-unsaturated/α-hetero) is 2. The lowest BCUT2D eigenvalue weighted by Gasteiger charge is -2.47. The number of likely N-dealkylation sites (N-methyl/N-ethyl adjacent to an activating group) is 1. The van der Waals surface area contributed by atoms with Crippen molar-refractivity contribution in [3.05, 3.63) is 11.6 Å². The number of aliphatic hydroxyl groups is 1. The highest BCUT2D eigenvalue weighted by atomic mass is 16.7. The summed E-state index contributed by atoms with van der Waals surface area (Å²) in [5.74, 6) is -4.71. The first-order valence-corrected chi connectivity index (χ1v) is 15.7. The minimum Gasteiger partial charge on any atom is -0.458 e. The topological polar surface area (TPSA) is 138 Å². The van der Waals surface area contributed by atoms with Gasteiger partial charge in [0.25, 0.3) is 0 Å². The largest absolute Gasteiger partial charge is 0.458 e. The van der Waals surface area contributed by atoms with E-state index in [1.54, 1.807) is 27.7 Å². The zero-order chi connectivity index (χ0) is 33.7. The SMILES string of the molecule is CCC[C@H]1OC(=O)[C@H](C)C(=O)[C@H](C)[C@@H](O[C@@H]2O[C@H](C)C[C@H](N(C)C)[C@H]2OC(C)=O)[C@](C)(OC)C[C@@H](C)C(=O)/C(C)=C/[C@]1(C)O. The molecule has 0 unspecified atom stereocenters. The van der Waals surface area contributed by atoms with Crippen molar-refractivity contribution in [3.63, 3.8) is 0 Å². The third-order valence-electron chi connectivity index (χ3n) is 9.10. The molecule has 0 aromatic carbocycles. The second-order valence-electron chi connectivity index (χ2n) is 13.4. The summed E-state index contributed by atoms with van der Waals surface area (Å²) in [5.41, 5.74) is -2.55. The van der Waals surface area contributed by atoms with Crippen LogP contribution in [0.1, 0.15) is 88.0 Å². The zero-order valence-corrected chi connectivity index (χ0v) is 28.7. The van der Waals surface area contributed by atoms with Gasteiger partial charge < -0.3 is 33.7 Å². The van der Waals surface area contributed by atoms with Gasteiger partial charge in [-0.2, -0.15) is 0 Å². The van der Waals surface area contributed by atoms with Crippen LogP contribution >= 0.6 is 0 Å². The van der Waals surface area contributed by atoms with Gasteiger partial charge in [-0.05, 0) is 79.6 Å². The Balaban J connectivity index is 2.69. The Bertz CT molecular complexity index is 1070. The first-order valence-electron chi connectivity index (χ1n) is 15.7. The molecule has 0 aromatic heterocycles. The van der Waals surface area contributed by atoms with Crippen molar-refractivity contribution in [2.45, 2.75) is 136 Å². The highest BCUT2D eigenvalue weighted by Crippen LogP contribution is 2.38. The van der Waals surface area contributed by atoms with Gasteiger partial charge in [0.05, 0.1) is 23.9 Å². The molecular weight excluding hydrogens is 570 g/mol. The Kier molecular flexibility index (Phi) is 13.3. The van der Waals surface area contributed by atoms with Crippen molar-refractivity contribution in [1.29, 1.82) is 0 Å². The van der Waals surface area contributed by atoms with Crippen LogP contribution < -0.4 is 0 Å². The minimum atomic E-state index is -1.64. The van der Waals surface area contributed by atoms with Gasteiger partial charge in [0, 0.05) is 25.9 Å². The van der Waals surface area contributed by atoms with Crippen molar-refractivity contribution in [2.75, 3.05) is 21.2 Å². The normalized spacial score (nSPS) is 41.0. The van der Waals surface area contributed by atoms with E-state index in [9.17, 15) is 24.3 Å². The maximum Gasteiger partial charge on any atom is 0.316 e. The summed E-state index contributed by atoms with van der Waals surface area (Å²) in [5, 5.41) is 11.3. The number of rotatable bonds is 7. The number of esters is 2. The van der Waals surface area contributed by atoms with Crippen LogP contribution in [0.3, 0.4) is 0 Å². The summed E-state index contributed by atoms with van der Waals surface area (Å²) in [6, 6.07) is -0.239. The smallest absolute Gasteiger partial charge is 0.316 e. The van der Waals surface area contributed by atoms with Crippen LogP contribution in [0.5, 0.6) is 0 Å². The van der Waals surface area contributed by atoms with E-state index < -0.39 is 71.3 Å². The van der Waals surface area contributed by atoms with E-state index in [2.05, 4.69) is 0 Å². The Hall–Kier alpha value is -2.18. The summed E-state index contributed by atoms with van der Waals surface area (Å²) >= 11 is 0. The van der Waals surface area contributed by atoms with E-state index in [0.717, 1.165) is 0 Å². The number of hydrogen-bond acceptors (Lipinski definition) is 11. The van der Waals surface area contributed by atoms with Gasteiger partial charge in [-0.25, -0.2) is 0 Å². The first kappa shape index (κ1) is 38.0. The average Bonchev–Trinajstić information content (AvgIpc) is 2.93. The molecule has 11 nitrogen and oxygen atoms in total. The van der Waals surface area contributed by atoms with Crippen molar-refractivity contribution in [2.24, 2.45) is 17.8 Å². The van der Waals surface area contributed by atoms with E-state index in [4.69, 9.17) is 23.7 Å². The first-order chi connectivity index (χ1) is 20.3. The van der Waals surface area contributed by atoms with Gasteiger partial charge in [0.2, 0.25) is 0 Å². The molecule has 2 aliphatic heterocycles. The van der Waals surface area contributed by atoms with Gasteiger partial charge in [-0.1, -0.05) is 27.2 Å². The molecule has 0 aromatic rings. The molecule has 44 heavy (non-hydrogen) atoms. The Morgan fingerprint density at radius 1 is 1.14 bits per heavy atom. The van der Waals surface area contributed by atoms with E-state index in [0.29, 0.717) is 24.8 Å². The molecule has 0 radical (unpaired) electrons. The molecule has 2 heterocycles. The van der Waals surface area contributed by atoms with E-state index in [1.807, 2.05) is 32.8 Å². The third kappa shape index (κ3) is 8.96. The van der Waals surface area contributed by atoms with E-state index >= 15 is 0 Å². The fraction of sp³-hybridized carbons (Fsp3) is 0.818. The van der Waals surface area contributed by atoms with Gasteiger partial charge in [0.1, 0.15) is 17.6 Å². The predicted octanol–water partition coefficient (Wildman–Crippen LogP) is 3.63. The summed E-state index contributed by atoms with van der Waals surface area (Å²) in [4.78, 5) is 55.1. The fourth-order valence-electron chi connectivity index (χ4n) is 6.53. The lowest BCUT2D eigenvalue weighted by Crippen LogP contribution is -2.60. The molecule has 0 aliphatic carbocycles. The Labute approximate surface area is 262 Å². The van der Waals surface area contributed by atoms with Gasteiger partial charge >= 0.3 is 11.9 Å². The molecule has 2 rings (SSSR count). The Morgan fingerprint density at radius 2 is 1.75 bits per heavy atom. The second kappa shape index (κ2) is 15.4. The van der Waals surface area contributed by atoms with Crippen LogP contribution in [0.4, 0.5) is 0 Å². The van der Waals surface area contributed by atoms with E-state index in [-0.39, 0.29) is 24.3 Å². The quantitative estimate of drug-likeness (QED) is 0.328. The Morgan fingerprint density at radius 3 is 2.27 bits per heavy atom. The van der Waals surface area contributed by atoms with Gasteiger partial charge in [-0.15, -0.1) is 0 Å². The molecule has 11 heteroatoms. The highest BCUT2D eigenvalue weighted by Gasteiger charge is 2.50. The molecule has 1 fully saturated rings. The molecule has 0 spiro atoms. The predicted molar refractivity (Wildman–Crippen MR) is 164 cm³/mol. The molecule has 1 N–H and O–H groups in total. The molecular formula is C33H55NO10. The lowest BCUT2D eigenvalue weighted by atomic mass is 9.77. The van der Waals surface area contributed by atoms with Gasteiger partial charge in [0.15, 0.2) is 24.0 Å². The summed E-state index contributed by atoms with van der Waals surface area (Å²) in [7, 11) is 5.23. The number of carbonyl (C=O) groups excluding carboxylic acids is 4. The standard InChI is InChI=1S/C33H55NO10/c1-13-14-25-32(8,39)16-18(2)26(36)19(3)17-33(9,40-12)29(21(5)27(37)22(6)30(38)43-25)44-31-28(42-23(7)35)24(34(10)11)15-20(4)41-31/h16,19-22,24-25,28-29,31,39H,13-15,17H2,1-12H3/b18-16+/t19-,20-,21+,22-,24+,25-,28-,29-,31+,32+,33-/m1/s1. The number of nitrogens with zero attached hydrogens (tertiary/aromatic N) is 1. The van der Waals surface area contributed by atoms with Crippen LogP contribution in [0, 0.1) is 17.8 Å². The van der Waals surface area contributed by atoms with Gasteiger partial charge in [-0.3, -0.25) is 19.2 Å². The number of hydrogen-bond donors (Lipinski definition) is 1. The molecule has 11 atom stereocenters. The highest BCUT2D eigenvalue weighted by molar-refractivity contribution is 6.00. The van der Waals surface area contributed by atoms with Crippen LogP contribution in [0.15, 0.2) is 11.6 Å². The van der Waals surface area contributed by atoms with Crippen molar-refractivity contribution < 1.29 is 48.0 Å². The minimum absolute atomic E-state index is 0.146. The molecule has 0 amide bonds. The molecule has 2 aliphatic rings. The molecule has 1 saturated heterocycles. The second-order valence-corrected chi connectivity index (χ2v) is 13.4. The lowest BCUT2D eigenvalue weighted by molar-refractivity contribution is -0.297. The summed E-state index contributed by atoms with van der Waals surface area (Å²) in [6.07, 6.45) is -1.05. The van der Waals surface area contributed by atoms with Crippen LogP contribution in [0.2, 0.25) is 0 Å². The number of cyclic esters (lactones) is 1. The number of ether oxygens (including phenoxy) is 5. The third-order valence-corrected chi connectivity index (χ3v) is 9.10. The summed E-state index contributed by atoms with van der Waals surface area (Å²) in [6.45, 7) is 14.9. The number of ketones is 2. The number of carbonyl (C=O) groups is 4. The molecule has 0 bridgehead atoms. The maximum absolute atomic E-state index is 14.0. The van der Waals surface area contributed by atoms with Crippen molar-refractivity contribution >= 4 is 23.5 Å². The van der Waals surface area contributed by atoms with Crippen LogP contribution in [-0.2, 0) is 42.9 Å². The number of allylic oxidation sites excluding steroid dienone is 1. The number of methoxy groups -OCH3 is 1. The van der Waals surface area contributed by atoms with Crippen molar-refractivity contribution in [3.8, 4) is 0 Å². The van der Waals surface area contributed by atoms with E-state index in [1.165, 1.54) is 34.0 Å². The fourth-order valence-corrected chi connectivity index (χ4v) is 6.53. The van der Waals surface area contributed by atoms with Crippen molar-refractivity contribution in [1.82, 2.24) is 4.90 Å². The van der Waals surface area contributed by atoms with Crippen LogP contribution in [0.25, 0.3) is 0 Å². The summed E-state index contributed by atoms with van der Waals surface area (Å²) < 4.78 is 30.4. The molecule has 252 valence electrons. The average molecular weight is 626 g/mol. The van der Waals surface area contributed by atoms with Crippen LogP contribution in [-0.4, -0.2) is 103 Å². The zero-order valence-electron chi connectivity index (χ0n) is 28.7. The monoisotopic (exact) mass is 625 g/mol. The maximum atomic E-state index is 14.0. The molecule has 0 saturated carbocycles.